The number of aryl methyl sites for hydroxylation is 1. The third-order valence-electron chi connectivity index (χ3n) is 2.81. The largest absolute Gasteiger partial charge is 0.480 e. The molecule has 0 unspecified atom stereocenters. The lowest BCUT2D eigenvalue weighted by Crippen LogP contribution is -2.52. The Kier molecular flexibility index (Phi) is 4.83. The van der Waals surface area contributed by atoms with E-state index in [0.717, 1.165) is 5.01 Å². The fraction of sp³-hybridized carbons (Fsp3) is 0.462. The molecule has 0 saturated carbocycles. The van der Waals surface area contributed by atoms with E-state index in [1.807, 2.05) is 12.3 Å². The summed E-state index contributed by atoms with van der Waals surface area (Å²) in [5, 5.41) is 11.9. The molecule has 0 aromatic carbocycles. The number of likely N-dealkylation sites (N-methyl/N-ethyl adjacent to an activating group) is 1. The van der Waals surface area contributed by atoms with Crippen LogP contribution >= 0.6 is 11.3 Å². The van der Waals surface area contributed by atoms with Gasteiger partial charge in [0.05, 0.1) is 10.7 Å². The molecule has 1 heterocycles. The van der Waals surface area contributed by atoms with Crippen LogP contribution in [0, 0.1) is 6.92 Å². The lowest BCUT2D eigenvalue weighted by atomic mass is 10.0. The highest BCUT2D eigenvalue weighted by atomic mass is 32.1. The number of rotatable bonds is 5. The molecule has 0 saturated heterocycles. The Balaban J connectivity index is 2.86. The zero-order valence-corrected chi connectivity index (χ0v) is 12.3. The van der Waals surface area contributed by atoms with Crippen LogP contribution < -0.4 is 0 Å². The monoisotopic (exact) mass is 282 g/mol. The van der Waals surface area contributed by atoms with Crippen molar-refractivity contribution in [1.29, 1.82) is 0 Å². The zero-order chi connectivity index (χ0) is 14.6. The number of amides is 1. The Morgan fingerprint density at radius 2 is 2.16 bits per heavy atom. The molecule has 0 aliphatic carbocycles. The summed E-state index contributed by atoms with van der Waals surface area (Å²) in [4.78, 5) is 28.8. The first-order valence-corrected chi connectivity index (χ1v) is 6.82. The van der Waals surface area contributed by atoms with Gasteiger partial charge in [-0.1, -0.05) is 0 Å². The molecular formula is C13H18N2O3S. The fourth-order valence-electron chi connectivity index (χ4n) is 1.65. The lowest BCUT2D eigenvalue weighted by Gasteiger charge is -2.33. The first-order valence-electron chi connectivity index (χ1n) is 5.94. The van der Waals surface area contributed by atoms with Crippen molar-refractivity contribution in [3.8, 4) is 0 Å². The maximum absolute atomic E-state index is 12.1. The van der Waals surface area contributed by atoms with Gasteiger partial charge in [0.25, 0.3) is 0 Å². The van der Waals surface area contributed by atoms with Gasteiger partial charge in [-0.2, -0.15) is 0 Å². The second kappa shape index (κ2) is 5.97. The van der Waals surface area contributed by atoms with Gasteiger partial charge in [-0.3, -0.25) is 4.79 Å². The molecule has 1 amide bonds. The highest BCUT2D eigenvalue weighted by Crippen LogP contribution is 2.16. The van der Waals surface area contributed by atoms with Gasteiger partial charge in [-0.15, -0.1) is 11.3 Å². The van der Waals surface area contributed by atoms with Crippen molar-refractivity contribution in [3.63, 3.8) is 0 Å². The van der Waals surface area contributed by atoms with E-state index >= 15 is 0 Å². The molecule has 0 bridgehead atoms. The first-order chi connectivity index (χ1) is 8.78. The van der Waals surface area contributed by atoms with E-state index in [1.54, 1.807) is 13.0 Å². The van der Waals surface area contributed by atoms with Crippen LogP contribution in [0.1, 0.15) is 31.5 Å². The molecule has 0 fully saturated rings. The van der Waals surface area contributed by atoms with Gasteiger partial charge in [0.1, 0.15) is 5.54 Å². The molecule has 19 heavy (non-hydrogen) atoms. The van der Waals surface area contributed by atoms with Crippen molar-refractivity contribution in [2.45, 2.75) is 33.2 Å². The summed E-state index contributed by atoms with van der Waals surface area (Å²) in [5.74, 6) is -1.36. The second-order valence-corrected chi connectivity index (χ2v) is 5.63. The number of thiazole rings is 1. The number of carbonyl (C=O) groups excluding carboxylic acids is 1. The Hall–Kier alpha value is -1.69. The fourth-order valence-corrected chi connectivity index (χ4v) is 2.23. The molecule has 0 spiro atoms. The molecule has 1 aromatic rings. The Labute approximate surface area is 116 Å². The van der Waals surface area contributed by atoms with Crippen LogP contribution in [0.2, 0.25) is 0 Å². The lowest BCUT2D eigenvalue weighted by molar-refractivity contribution is -0.154. The van der Waals surface area contributed by atoms with Crippen molar-refractivity contribution in [1.82, 2.24) is 9.88 Å². The topological polar surface area (TPSA) is 70.5 Å². The average Bonchev–Trinajstić information content (AvgIpc) is 2.73. The predicted octanol–water partition coefficient (Wildman–Crippen LogP) is 2.18. The van der Waals surface area contributed by atoms with Crippen molar-refractivity contribution >= 4 is 29.3 Å². The van der Waals surface area contributed by atoms with Crippen molar-refractivity contribution in [2.24, 2.45) is 0 Å². The van der Waals surface area contributed by atoms with E-state index in [-0.39, 0.29) is 5.91 Å². The highest BCUT2D eigenvalue weighted by Gasteiger charge is 2.35. The summed E-state index contributed by atoms with van der Waals surface area (Å²) in [6.45, 7) is 6.99. The van der Waals surface area contributed by atoms with Gasteiger partial charge in [0, 0.05) is 18.0 Å². The molecule has 1 rings (SSSR count). The summed E-state index contributed by atoms with van der Waals surface area (Å²) in [6.07, 6.45) is 2.97. The number of hydrogen-bond donors (Lipinski definition) is 1. The molecule has 0 atom stereocenters. The summed E-state index contributed by atoms with van der Waals surface area (Å²) in [7, 11) is 0. The summed E-state index contributed by atoms with van der Waals surface area (Å²) >= 11 is 1.50. The zero-order valence-electron chi connectivity index (χ0n) is 11.5. The van der Waals surface area contributed by atoms with E-state index in [9.17, 15) is 9.59 Å². The maximum atomic E-state index is 12.1. The summed E-state index contributed by atoms with van der Waals surface area (Å²) < 4.78 is 0. The highest BCUT2D eigenvalue weighted by molar-refractivity contribution is 7.09. The Morgan fingerprint density at radius 1 is 1.53 bits per heavy atom. The van der Waals surface area contributed by atoms with E-state index < -0.39 is 11.5 Å². The smallest absolute Gasteiger partial charge is 0.329 e. The minimum atomic E-state index is -1.23. The molecular weight excluding hydrogens is 264 g/mol. The number of aliphatic carboxylic acids is 1. The number of nitrogens with zero attached hydrogens (tertiary/aromatic N) is 2. The van der Waals surface area contributed by atoms with Crippen LogP contribution in [0.5, 0.6) is 0 Å². The van der Waals surface area contributed by atoms with E-state index in [0.29, 0.717) is 12.2 Å². The van der Waals surface area contributed by atoms with E-state index in [2.05, 4.69) is 4.98 Å². The first kappa shape index (κ1) is 15.4. The number of carbonyl (C=O) groups is 2. The number of carboxylic acids is 1. The van der Waals surface area contributed by atoms with Gasteiger partial charge in [0.2, 0.25) is 5.91 Å². The third kappa shape index (κ3) is 3.64. The molecule has 1 aromatic heterocycles. The van der Waals surface area contributed by atoms with Crippen molar-refractivity contribution < 1.29 is 14.7 Å². The number of aromatic nitrogens is 1. The van der Waals surface area contributed by atoms with Gasteiger partial charge >= 0.3 is 5.97 Å². The van der Waals surface area contributed by atoms with Crippen LogP contribution in [-0.2, 0) is 9.59 Å². The normalized spacial score (nSPS) is 11.8. The van der Waals surface area contributed by atoms with Crippen molar-refractivity contribution in [3.05, 3.63) is 22.2 Å². The number of hydrogen-bond acceptors (Lipinski definition) is 4. The van der Waals surface area contributed by atoms with Crippen LogP contribution in [0.4, 0.5) is 0 Å². The second-order valence-electron chi connectivity index (χ2n) is 4.57. The quantitative estimate of drug-likeness (QED) is 0.840. The third-order valence-corrected chi connectivity index (χ3v) is 3.61. The van der Waals surface area contributed by atoms with Gasteiger partial charge in [-0.25, -0.2) is 9.78 Å². The number of carboxylic acid groups (broad SMARTS) is 1. The summed E-state index contributed by atoms with van der Waals surface area (Å²) in [6, 6.07) is 0. The Morgan fingerprint density at radius 3 is 2.58 bits per heavy atom. The molecule has 5 nitrogen and oxygen atoms in total. The van der Waals surface area contributed by atoms with Crippen LogP contribution in [0.25, 0.3) is 6.08 Å². The SMILES string of the molecule is CCN(C(=O)/C=C/c1csc(C)n1)C(C)(C)C(=O)O. The van der Waals surface area contributed by atoms with E-state index in [1.165, 1.54) is 36.2 Å². The Bertz CT molecular complexity index is 506. The van der Waals surface area contributed by atoms with E-state index in [4.69, 9.17) is 5.11 Å². The standard InChI is InChI=1S/C13H18N2O3S/c1-5-15(13(3,4)12(17)18)11(16)7-6-10-8-19-9(2)14-10/h6-8H,5H2,1-4H3,(H,17,18)/b7-6+. The van der Waals surface area contributed by atoms with Crippen LogP contribution in [-0.4, -0.2) is 39.0 Å². The van der Waals surface area contributed by atoms with Gasteiger partial charge in [-0.05, 0) is 33.8 Å². The molecule has 0 aliphatic rings. The summed E-state index contributed by atoms with van der Waals surface area (Å²) in [5.41, 5.74) is -0.520. The van der Waals surface area contributed by atoms with Gasteiger partial charge in [0.15, 0.2) is 0 Å². The van der Waals surface area contributed by atoms with Crippen LogP contribution in [0.15, 0.2) is 11.5 Å². The minimum Gasteiger partial charge on any atom is -0.480 e. The maximum Gasteiger partial charge on any atom is 0.329 e. The molecule has 104 valence electrons. The van der Waals surface area contributed by atoms with Gasteiger partial charge < -0.3 is 10.0 Å². The molecule has 0 radical (unpaired) electrons. The average molecular weight is 282 g/mol. The molecule has 1 N–H and O–H groups in total. The molecule has 6 heteroatoms. The molecule has 0 aliphatic heterocycles. The minimum absolute atomic E-state index is 0.332. The van der Waals surface area contributed by atoms with Crippen molar-refractivity contribution in [2.75, 3.05) is 6.54 Å². The van der Waals surface area contributed by atoms with Crippen LogP contribution in [0.3, 0.4) is 0 Å². The predicted molar refractivity (Wildman–Crippen MR) is 75.0 cm³/mol.